The smallest absolute Gasteiger partial charge is 0.370 e. The van der Waals surface area contributed by atoms with Gasteiger partial charge < -0.3 is 29.6 Å². The summed E-state index contributed by atoms with van der Waals surface area (Å²) in [4.78, 5) is 68.5. The first kappa shape index (κ1) is 35.7. The van der Waals surface area contributed by atoms with Crippen LogP contribution in [0.1, 0.15) is 58.8 Å². The third-order valence-electron chi connectivity index (χ3n) is 9.09. The van der Waals surface area contributed by atoms with Gasteiger partial charge in [-0.05, 0) is 46.2 Å². The minimum atomic E-state index is -5.79. The van der Waals surface area contributed by atoms with Gasteiger partial charge in [-0.2, -0.15) is 8.78 Å². The van der Waals surface area contributed by atoms with E-state index in [4.69, 9.17) is 4.74 Å². The lowest BCUT2D eigenvalue weighted by molar-refractivity contribution is -0.153. The number of aromatic nitrogens is 1. The number of hydrogen-bond donors (Lipinski definition) is 3. The first-order valence-electron chi connectivity index (χ1n) is 16.0. The Hall–Kier alpha value is -4.07. The lowest BCUT2D eigenvalue weighted by Gasteiger charge is -2.43. The third kappa shape index (κ3) is 7.08. The van der Waals surface area contributed by atoms with Crippen LogP contribution in [0.4, 0.5) is 8.78 Å². The highest BCUT2D eigenvalue weighted by molar-refractivity contribution is 7.52. The van der Waals surface area contributed by atoms with Gasteiger partial charge in [0.05, 0.1) is 18.0 Å². The van der Waals surface area contributed by atoms with Crippen molar-refractivity contribution in [2.75, 3.05) is 19.7 Å². The molecule has 15 heteroatoms. The second kappa shape index (κ2) is 13.6. The second-order valence-corrected chi connectivity index (χ2v) is 16.3. The van der Waals surface area contributed by atoms with Gasteiger partial charge in [0.25, 0.3) is 5.91 Å². The highest BCUT2D eigenvalue weighted by Gasteiger charge is 2.50. The van der Waals surface area contributed by atoms with E-state index in [2.05, 4.69) is 10.3 Å². The Morgan fingerprint density at radius 2 is 1.80 bits per heavy atom. The Bertz CT molecular complexity index is 1980. The molecule has 1 unspecified atom stereocenters. The van der Waals surface area contributed by atoms with E-state index in [9.17, 15) is 37.5 Å². The number of thiophene rings is 1. The molecule has 3 N–H and O–H groups in total. The molecule has 2 aromatic carbocycles. The summed E-state index contributed by atoms with van der Waals surface area (Å²) >= 11 is 0.992. The van der Waals surface area contributed by atoms with Crippen LogP contribution in [-0.2, 0) is 37.5 Å². The van der Waals surface area contributed by atoms with Crippen molar-refractivity contribution in [3.8, 4) is 0 Å². The summed E-state index contributed by atoms with van der Waals surface area (Å²) in [6.45, 7) is 6.51. The maximum atomic E-state index is 14.6. The van der Waals surface area contributed by atoms with Gasteiger partial charge in [-0.25, -0.2) is 0 Å². The van der Waals surface area contributed by atoms with Crippen LogP contribution in [0.3, 0.4) is 0 Å². The van der Waals surface area contributed by atoms with E-state index < -0.39 is 48.1 Å². The molecular weight excluding hydrogens is 689 g/mol. The van der Waals surface area contributed by atoms with Gasteiger partial charge in [-0.15, -0.1) is 11.3 Å². The molecule has 1 saturated heterocycles. The molecule has 264 valence electrons. The van der Waals surface area contributed by atoms with Gasteiger partial charge in [0, 0.05) is 47.7 Å². The number of pyridine rings is 1. The normalized spacial score (nSPS) is 19.2. The number of carbonyl (C=O) groups is 3. The van der Waals surface area contributed by atoms with E-state index in [1.807, 2.05) is 30.3 Å². The minimum absolute atomic E-state index is 0.116. The number of hydrogen-bond acceptors (Lipinski definition) is 7. The Morgan fingerprint density at radius 3 is 2.48 bits per heavy atom. The van der Waals surface area contributed by atoms with Crippen molar-refractivity contribution < 1.29 is 42.3 Å². The Labute approximate surface area is 291 Å². The largest absolute Gasteiger partial charge is 0.399 e. The van der Waals surface area contributed by atoms with Gasteiger partial charge >= 0.3 is 13.3 Å². The maximum Gasteiger partial charge on any atom is 0.399 e. The molecule has 6 rings (SSSR count). The number of alkyl halides is 2. The van der Waals surface area contributed by atoms with Crippen LogP contribution >= 0.6 is 18.9 Å². The Kier molecular flexibility index (Phi) is 9.70. The molecule has 0 spiro atoms. The summed E-state index contributed by atoms with van der Waals surface area (Å²) in [5.74, 6) is -1.30. The number of amides is 3. The Morgan fingerprint density at radius 1 is 1.06 bits per heavy atom. The Balaban J connectivity index is 1.27. The number of carbonyl (C=O) groups excluding carboxylic acids is 3. The van der Waals surface area contributed by atoms with Crippen LogP contribution in [0.2, 0.25) is 0 Å². The van der Waals surface area contributed by atoms with Crippen LogP contribution in [0.5, 0.6) is 0 Å². The summed E-state index contributed by atoms with van der Waals surface area (Å²) in [6, 6.07) is 13.9. The first-order valence-corrected chi connectivity index (χ1v) is 18.4. The molecule has 2 aromatic heterocycles. The second-order valence-electron chi connectivity index (χ2n) is 13.6. The van der Waals surface area contributed by atoms with E-state index in [1.54, 1.807) is 44.1 Å². The van der Waals surface area contributed by atoms with Crippen LogP contribution in [-0.4, -0.2) is 74.1 Å². The van der Waals surface area contributed by atoms with Crippen molar-refractivity contribution in [1.29, 1.82) is 0 Å². The molecule has 0 saturated carbocycles. The lowest BCUT2D eigenvalue weighted by Crippen LogP contribution is -2.61. The molecule has 0 bridgehead atoms. The summed E-state index contributed by atoms with van der Waals surface area (Å²) in [7, 11) is -5.79. The van der Waals surface area contributed by atoms with Crippen molar-refractivity contribution in [1.82, 2.24) is 20.1 Å². The van der Waals surface area contributed by atoms with Gasteiger partial charge in [-0.3, -0.25) is 23.9 Å². The van der Waals surface area contributed by atoms with E-state index in [1.165, 1.54) is 17.0 Å². The number of halogens is 2. The van der Waals surface area contributed by atoms with Crippen LogP contribution in [0.25, 0.3) is 10.1 Å². The number of fused-ring (bicyclic) bond motifs is 2. The number of rotatable bonds is 7. The predicted molar refractivity (Wildman–Crippen MR) is 182 cm³/mol. The predicted octanol–water partition coefficient (Wildman–Crippen LogP) is 5.22. The average molecular weight is 727 g/mol. The third-order valence-corrected chi connectivity index (χ3v) is 11.2. The fourth-order valence-electron chi connectivity index (χ4n) is 6.33. The minimum Gasteiger partial charge on any atom is -0.370 e. The topological polar surface area (TPSA) is 149 Å². The number of ether oxygens (including phenoxy) is 1. The van der Waals surface area contributed by atoms with E-state index in [0.29, 0.717) is 24.3 Å². The molecule has 4 aromatic rings. The fourth-order valence-corrected chi connectivity index (χ4v) is 7.75. The van der Waals surface area contributed by atoms with E-state index in [0.717, 1.165) is 40.2 Å². The van der Waals surface area contributed by atoms with E-state index >= 15 is 0 Å². The average Bonchev–Trinajstić information content (AvgIpc) is 3.53. The van der Waals surface area contributed by atoms with Crippen molar-refractivity contribution in [3.05, 3.63) is 100 Å². The summed E-state index contributed by atoms with van der Waals surface area (Å²) in [5.41, 5.74) is -3.40. The molecule has 50 heavy (non-hydrogen) atoms. The number of morpholine rings is 1. The maximum absolute atomic E-state index is 14.6. The van der Waals surface area contributed by atoms with Gasteiger partial charge in [0.15, 0.2) is 0 Å². The summed E-state index contributed by atoms with van der Waals surface area (Å²) < 4.78 is 46.6. The fraction of sp³-hybridized carbons (Fsp3) is 0.371. The standard InChI is InChI=1S/C35H37F2N4O7PS/c1-34(2,3)30(39-31(42)29-17-24-15-25(10-11-28(24)50-29)35(36,37)49(45,46)47)33(44)41-19-23-8-5-4-7-21(23)16-26(41)32(43)40-13-14-48-27(20-40)22-9-6-12-38-18-22/h4-12,15,17-18,26-27,30H,13-14,16,19-20H2,1-3H3,(H,39,42)(H2,45,46,47)/t26-,27?,30+/m0/s1. The van der Waals surface area contributed by atoms with Gasteiger partial charge in [0.1, 0.15) is 18.2 Å². The molecule has 11 nitrogen and oxygen atoms in total. The molecule has 4 heterocycles. The summed E-state index contributed by atoms with van der Waals surface area (Å²) in [5, 5.41) is 3.04. The number of nitrogens with zero attached hydrogens (tertiary/aromatic N) is 3. The molecule has 2 aliphatic heterocycles. The molecule has 2 aliphatic rings. The SMILES string of the molecule is CC(C)(C)[C@H](NC(=O)c1cc2cc(C(F)(F)P(=O)(O)O)ccc2s1)C(=O)N1Cc2ccccc2C[C@H]1C(=O)N1CCOC(c2cccnc2)C1. The van der Waals surface area contributed by atoms with Crippen molar-refractivity contribution in [2.45, 2.75) is 57.6 Å². The van der Waals surface area contributed by atoms with Gasteiger partial charge in [-0.1, -0.05) is 57.2 Å². The zero-order valence-corrected chi connectivity index (χ0v) is 29.3. The molecule has 3 amide bonds. The summed E-state index contributed by atoms with van der Waals surface area (Å²) in [6.07, 6.45) is 3.28. The zero-order valence-electron chi connectivity index (χ0n) is 27.6. The monoisotopic (exact) mass is 726 g/mol. The van der Waals surface area contributed by atoms with Crippen LogP contribution in [0, 0.1) is 5.41 Å². The number of benzene rings is 2. The number of nitrogens with one attached hydrogen (secondary N) is 1. The molecule has 0 radical (unpaired) electrons. The molecule has 3 atom stereocenters. The van der Waals surface area contributed by atoms with Crippen LogP contribution in [0.15, 0.2) is 73.1 Å². The highest BCUT2D eigenvalue weighted by Crippen LogP contribution is 2.59. The molecule has 0 aliphatic carbocycles. The van der Waals surface area contributed by atoms with Crippen molar-refractivity contribution in [3.63, 3.8) is 0 Å². The molecule has 1 fully saturated rings. The zero-order chi connectivity index (χ0) is 36.0. The van der Waals surface area contributed by atoms with Crippen LogP contribution < -0.4 is 5.32 Å². The highest BCUT2D eigenvalue weighted by atomic mass is 32.1. The van der Waals surface area contributed by atoms with Crippen molar-refractivity contribution >= 4 is 46.7 Å². The van der Waals surface area contributed by atoms with E-state index in [-0.39, 0.29) is 35.4 Å². The van der Waals surface area contributed by atoms with Crippen molar-refractivity contribution in [2.24, 2.45) is 5.41 Å². The van der Waals surface area contributed by atoms with Gasteiger partial charge in [0.2, 0.25) is 11.8 Å². The molecular formula is C35H37F2N4O7PS. The lowest BCUT2D eigenvalue weighted by atomic mass is 9.84. The quantitative estimate of drug-likeness (QED) is 0.220. The first-order chi connectivity index (χ1) is 23.5.